The molecular formula is C15H20N2O4. The molecule has 1 spiro atoms. The molecule has 6 heteroatoms. The van der Waals surface area contributed by atoms with Crippen molar-refractivity contribution in [2.75, 3.05) is 13.2 Å². The molecule has 1 saturated heterocycles. The molecule has 0 aromatic carbocycles. The van der Waals surface area contributed by atoms with E-state index in [4.69, 9.17) is 9.47 Å². The highest BCUT2D eigenvalue weighted by Gasteiger charge is 2.82. The van der Waals surface area contributed by atoms with Gasteiger partial charge in [-0.2, -0.15) is 0 Å². The molecule has 114 valence electrons. The molecule has 0 radical (unpaired) electrons. The van der Waals surface area contributed by atoms with Gasteiger partial charge < -0.3 is 9.47 Å². The Hall–Kier alpha value is -1.72. The van der Waals surface area contributed by atoms with E-state index < -0.39 is 12.2 Å². The smallest absolute Gasteiger partial charge is 0.429 e. The van der Waals surface area contributed by atoms with Crippen LogP contribution in [0, 0.1) is 17.3 Å². The maximum absolute atomic E-state index is 12.3. The number of rotatable bonds is 2. The molecule has 4 aliphatic rings. The van der Waals surface area contributed by atoms with E-state index in [1.165, 1.54) is 22.9 Å². The highest BCUT2D eigenvalue weighted by atomic mass is 16.6. The van der Waals surface area contributed by atoms with Gasteiger partial charge in [0, 0.05) is 5.41 Å². The fourth-order valence-electron chi connectivity index (χ4n) is 4.82. The van der Waals surface area contributed by atoms with Gasteiger partial charge in [0.2, 0.25) is 0 Å². The Balaban J connectivity index is 1.68. The van der Waals surface area contributed by atoms with Crippen molar-refractivity contribution in [3.05, 3.63) is 12.2 Å². The van der Waals surface area contributed by atoms with Crippen molar-refractivity contribution >= 4 is 12.2 Å². The molecule has 2 amide bonds. The van der Waals surface area contributed by atoms with Gasteiger partial charge in [-0.15, -0.1) is 0 Å². The van der Waals surface area contributed by atoms with Crippen LogP contribution in [0.4, 0.5) is 9.59 Å². The molecule has 0 N–H and O–H groups in total. The van der Waals surface area contributed by atoms with Crippen molar-refractivity contribution in [2.24, 2.45) is 17.3 Å². The lowest BCUT2D eigenvalue weighted by molar-refractivity contribution is -0.0130. The first-order valence-corrected chi connectivity index (χ1v) is 7.78. The highest BCUT2D eigenvalue weighted by molar-refractivity contribution is 5.78. The zero-order valence-electron chi connectivity index (χ0n) is 12.3. The number of carbonyl (C=O) groups excluding carboxylic acids is 2. The Morgan fingerprint density at radius 2 is 1.43 bits per heavy atom. The molecule has 6 nitrogen and oxygen atoms in total. The van der Waals surface area contributed by atoms with E-state index in [1.807, 2.05) is 0 Å². The van der Waals surface area contributed by atoms with Gasteiger partial charge in [-0.3, -0.25) is 0 Å². The van der Waals surface area contributed by atoms with Crippen LogP contribution in [-0.4, -0.2) is 47.5 Å². The van der Waals surface area contributed by atoms with Gasteiger partial charge in [-0.05, 0) is 38.5 Å². The predicted octanol–water partition coefficient (Wildman–Crippen LogP) is 2.17. The summed E-state index contributed by atoms with van der Waals surface area (Å²) in [6.07, 6.45) is 5.63. The van der Waals surface area contributed by atoms with Gasteiger partial charge in [0.05, 0.1) is 25.3 Å². The Kier molecular flexibility index (Phi) is 2.56. The van der Waals surface area contributed by atoms with E-state index in [9.17, 15) is 9.59 Å². The van der Waals surface area contributed by atoms with Crippen LogP contribution >= 0.6 is 0 Å². The van der Waals surface area contributed by atoms with Crippen molar-refractivity contribution in [2.45, 2.75) is 38.8 Å². The van der Waals surface area contributed by atoms with Crippen LogP contribution in [0.25, 0.3) is 0 Å². The standard InChI is InChI=1S/C15H20N2O4/c1-3-20-13(18)16-11-7-8-12(17(16)14(19)21-4-2)15(11)9-5-6-10(9)15/h7-12H,3-6H2,1-2H3. The van der Waals surface area contributed by atoms with Crippen LogP contribution in [-0.2, 0) is 9.47 Å². The average molecular weight is 292 g/mol. The predicted molar refractivity (Wildman–Crippen MR) is 73.1 cm³/mol. The minimum Gasteiger partial charge on any atom is -0.448 e. The number of hydrazine groups is 1. The normalized spacial score (nSPS) is 41.0. The first kappa shape index (κ1) is 13.0. The quantitative estimate of drug-likeness (QED) is 0.732. The summed E-state index contributed by atoms with van der Waals surface area (Å²) in [6.45, 7) is 4.14. The summed E-state index contributed by atoms with van der Waals surface area (Å²) in [7, 11) is 0. The van der Waals surface area contributed by atoms with Gasteiger partial charge in [0.25, 0.3) is 0 Å². The van der Waals surface area contributed by atoms with E-state index in [-0.39, 0.29) is 17.5 Å². The van der Waals surface area contributed by atoms with E-state index in [0.717, 1.165) is 0 Å². The summed E-state index contributed by atoms with van der Waals surface area (Å²) in [4.78, 5) is 24.6. The first-order valence-electron chi connectivity index (χ1n) is 7.78. The largest absolute Gasteiger partial charge is 0.448 e. The number of ether oxygens (including phenoxy) is 2. The van der Waals surface area contributed by atoms with E-state index in [2.05, 4.69) is 12.2 Å². The Morgan fingerprint density at radius 1 is 1.00 bits per heavy atom. The third-order valence-electron chi connectivity index (χ3n) is 5.62. The molecule has 2 saturated carbocycles. The molecule has 21 heavy (non-hydrogen) atoms. The van der Waals surface area contributed by atoms with Gasteiger partial charge in [-0.25, -0.2) is 19.6 Å². The Morgan fingerprint density at radius 3 is 1.76 bits per heavy atom. The van der Waals surface area contributed by atoms with Crippen LogP contribution in [0.3, 0.4) is 0 Å². The summed E-state index contributed by atoms with van der Waals surface area (Å²) in [5.74, 6) is 1.28. The average Bonchev–Trinajstić information content (AvgIpc) is 2.69. The van der Waals surface area contributed by atoms with Crippen LogP contribution in [0.2, 0.25) is 0 Å². The molecule has 4 rings (SSSR count). The molecular weight excluding hydrogens is 272 g/mol. The molecule has 2 bridgehead atoms. The van der Waals surface area contributed by atoms with E-state index in [0.29, 0.717) is 25.0 Å². The topological polar surface area (TPSA) is 59.1 Å². The summed E-state index contributed by atoms with van der Waals surface area (Å²) in [5.41, 5.74) is 0.0412. The minimum atomic E-state index is -0.451. The van der Waals surface area contributed by atoms with Gasteiger partial charge >= 0.3 is 12.2 Å². The van der Waals surface area contributed by atoms with Crippen molar-refractivity contribution in [3.63, 3.8) is 0 Å². The summed E-state index contributed by atoms with van der Waals surface area (Å²) < 4.78 is 10.3. The van der Waals surface area contributed by atoms with Gasteiger partial charge in [0.15, 0.2) is 0 Å². The fourth-order valence-corrected chi connectivity index (χ4v) is 4.82. The maximum Gasteiger partial charge on any atom is 0.429 e. The number of nitrogens with zero attached hydrogens (tertiary/aromatic N) is 2. The number of carbonyl (C=O) groups is 2. The zero-order chi connectivity index (χ0) is 14.8. The number of hydrogen-bond donors (Lipinski definition) is 0. The molecule has 3 fully saturated rings. The first-order chi connectivity index (χ1) is 10.2. The molecule has 1 heterocycles. The minimum absolute atomic E-state index is 0.0412. The van der Waals surface area contributed by atoms with Crippen molar-refractivity contribution < 1.29 is 19.1 Å². The highest BCUT2D eigenvalue weighted by Crippen LogP contribution is 2.79. The summed E-state index contributed by atoms with van der Waals surface area (Å²) >= 11 is 0. The monoisotopic (exact) mass is 292 g/mol. The van der Waals surface area contributed by atoms with Gasteiger partial charge in [-0.1, -0.05) is 12.2 Å². The fraction of sp³-hybridized carbons (Fsp3) is 0.733. The van der Waals surface area contributed by atoms with Crippen LogP contribution in [0.1, 0.15) is 26.7 Å². The Labute approximate surface area is 123 Å². The van der Waals surface area contributed by atoms with Gasteiger partial charge in [0.1, 0.15) is 0 Å². The van der Waals surface area contributed by atoms with Crippen molar-refractivity contribution in [1.29, 1.82) is 0 Å². The van der Waals surface area contributed by atoms with E-state index in [1.54, 1.807) is 13.8 Å². The number of amides is 2. The molecule has 0 aromatic heterocycles. The molecule has 1 aliphatic heterocycles. The molecule has 4 atom stereocenters. The second-order valence-electron chi connectivity index (χ2n) is 6.15. The molecule has 4 unspecified atom stereocenters. The zero-order valence-corrected chi connectivity index (χ0v) is 12.3. The van der Waals surface area contributed by atoms with Crippen molar-refractivity contribution in [3.8, 4) is 0 Å². The SMILES string of the molecule is CCOC(=O)N1C2C=CC(N1C(=O)OCC)C21C2CCC21. The lowest BCUT2D eigenvalue weighted by Gasteiger charge is -2.33. The second kappa shape index (κ2) is 4.15. The third kappa shape index (κ3) is 1.33. The number of fused-ring (bicyclic) bond motifs is 1. The molecule has 0 aromatic rings. The third-order valence-corrected chi connectivity index (χ3v) is 5.62. The molecule has 3 aliphatic carbocycles. The lowest BCUT2D eigenvalue weighted by atomic mass is 9.94. The van der Waals surface area contributed by atoms with Crippen LogP contribution in [0.5, 0.6) is 0 Å². The lowest BCUT2D eigenvalue weighted by Crippen LogP contribution is -2.52. The second-order valence-corrected chi connectivity index (χ2v) is 6.15. The maximum atomic E-state index is 12.3. The summed E-state index contributed by atoms with van der Waals surface area (Å²) in [6, 6.07) is -0.105. The Bertz CT molecular complexity index is 486. The van der Waals surface area contributed by atoms with Crippen molar-refractivity contribution in [1.82, 2.24) is 10.0 Å². The summed E-state index contributed by atoms with van der Waals surface area (Å²) in [5, 5.41) is 2.98. The van der Waals surface area contributed by atoms with Crippen LogP contribution < -0.4 is 0 Å². The van der Waals surface area contributed by atoms with E-state index >= 15 is 0 Å². The number of hydrogen-bond acceptors (Lipinski definition) is 4. The van der Waals surface area contributed by atoms with Crippen LogP contribution in [0.15, 0.2) is 12.2 Å².